The first-order valence-corrected chi connectivity index (χ1v) is 20.6. The molecule has 10 aromatic rings. The standard InChI is InChI=1S/C54H37N3S/c1-5-15-36(16-6-1)37-25-27-38(28-26-37)46-35-47(56-54(55-46)42-21-11-4-12-22-42)39-29-31-43(32-30-39)57-48-24-14-13-23-44(48)51-49(57)34-33-45-50(40-17-7-2-8-18-40)52(58-53(45)51)41-19-9-3-10-20-41/h1-35,54-55H. The Hall–Kier alpha value is -7.27. The number of fused-ring (bicyclic) bond motifs is 5. The molecule has 1 atom stereocenters. The highest BCUT2D eigenvalue weighted by Gasteiger charge is 2.23. The fourth-order valence-electron chi connectivity index (χ4n) is 8.48. The lowest BCUT2D eigenvalue weighted by molar-refractivity contribution is 0.664. The van der Waals surface area contributed by atoms with Crippen LogP contribution in [0.1, 0.15) is 22.9 Å². The zero-order chi connectivity index (χ0) is 38.4. The molecule has 4 heteroatoms. The van der Waals surface area contributed by atoms with Gasteiger partial charge in [0.1, 0.15) is 6.17 Å². The summed E-state index contributed by atoms with van der Waals surface area (Å²) in [5, 5.41) is 7.57. The molecule has 58 heavy (non-hydrogen) atoms. The number of thiophene rings is 1. The zero-order valence-corrected chi connectivity index (χ0v) is 32.4. The van der Waals surface area contributed by atoms with Gasteiger partial charge >= 0.3 is 0 Å². The Bertz CT molecular complexity index is 3140. The van der Waals surface area contributed by atoms with E-state index in [1.165, 1.54) is 64.6 Å². The van der Waals surface area contributed by atoms with Crippen LogP contribution in [0.25, 0.3) is 76.0 Å². The molecule has 8 aromatic carbocycles. The summed E-state index contributed by atoms with van der Waals surface area (Å²) in [5.74, 6) is 0. The van der Waals surface area contributed by atoms with E-state index in [1.54, 1.807) is 0 Å². The van der Waals surface area contributed by atoms with Gasteiger partial charge < -0.3 is 9.88 Å². The average molecular weight is 760 g/mol. The molecule has 0 fully saturated rings. The van der Waals surface area contributed by atoms with E-state index in [-0.39, 0.29) is 6.17 Å². The Morgan fingerprint density at radius 3 is 1.72 bits per heavy atom. The van der Waals surface area contributed by atoms with E-state index in [4.69, 9.17) is 4.99 Å². The number of aliphatic imine (C=N–C) groups is 1. The van der Waals surface area contributed by atoms with Gasteiger partial charge in [-0.25, -0.2) is 0 Å². The van der Waals surface area contributed by atoms with E-state index in [0.717, 1.165) is 33.8 Å². The zero-order valence-electron chi connectivity index (χ0n) is 31.6. The molecule has 274 valence electrons. The van der Waals surface area contributed by atoms with Gasteiger partial charge in [-0.3, -0.25) is 4.99 Å². The number of nitrogens with zero attached hydrogens (tertiary/aromatic N) is 2. The molecule has 1 unspecified atom stereocenters. The van der Waals surface area contributed by atoms with Crippen molar-refractivity contribution in [1.29, 1.82) is 0 Å². The third kappa shape index (κ3) is 5.94. The highest BCUT2D eigenvalue weighted by Crippen LogP contribution is 2.49. The van der Waals surface area contributed by atoms with Gasteiger partial charge in [0.05, 0.1) is 16.7 Å². The van der Waals surface area contributed by atoms with Gasteiger partial charge in [0.2, 0.25) is 0 Å². The Labute approximate surface area is 341 Å². The number of nitrogens with one attached hydrogen (secondary N) is 1. The summed E-state index contributed by atoms with van der Waals surface area (Å²) in [4.78, 5) is 6.57. The summed E-state index contributed by atoms with van der Waals surface area (Å²) >= 11 is 1.90. The van der Waals surface area contributed by atoms with Crippen molar-refractivity contribution >= 4 is 54.6 Å². The van der Waals surface area contributed by atoms with Crippen molar-refractivity contribution in [1.82, 2.24) is 9.88 Å². The number of aromatic nitrogens is 1. The molecule has 0 amide bonds. The topological polar surface area (TPSA) is 29.3 Å². The summed E-state index contributed by atoms with van der Waals surface area (Å²) in [6.45, 7) is 0. The maximum Gasteiger partial charge on any atom is 0.145 e. The maximum atomic E-state index is 5.27. The minimum absolute atomic E-state index is 0.211. The van der Waals surface area contributed by atoms with Crippen LogP contribution in [0, 0.1) is 0 Å². The second kappa shape index (κ2) is 14.3. The van der Waals surface area contributed by atoms with Crippen LogP contribution < -0.4 is 5.32 Å². The summed E-state index contributed by atoms with van der Waals surface area (Å²) in [7, 11) is 0. The van der Waals surface area contributed by atoms with Crippen molar-refractivity contribution in [2.75, 3.05) is 0 Å². The second-order valence-corrected chi connectivity index (χ2v) is 15.8. The molecule has 0 aliphatic carbocycles. The van der Waals surface area contributed by atoms with E-state index in [1.807, 2.05) is 11.3 Å². The van der Waals surface area contributed by atoms with Crippen molar-refractivity contribution in [2.45, 2.75) is 6.17 Å². The van der Waals surface area contributed by atoms with E-state index >= 15 is 0 Å². The summed E-state index contributed by atoms with van der Waals surface area (Å²) in [6, 6.07) is 73.9. The van der Waals surface area contributed by atoms with Crippen LogP contribution in [0.15, 0.2) is 217 Å². The number of rotatable bonds is 7. The molecule has 0 saturated carbocycles. The SMILES string of the molecule is C1=C(c2ccc(-c3ccccc3)cc2)NC(c2ccccc2)N=C1c1ccc(-n2c3ccccc3c3c4sc(-c5ccccc5)c(-c5ccccc5)c4ccc32)cc1. The van der Waals surface area contributed by atoms with Crippen molar-refractivity contribution in [3.8, 4) is 38.4 Å². The van der Waals surface area contributed by atoms with Gasteiger partial charge in [0.25, 0.3) is 0 Å². The van der Waals surface area contributed by atoms with E-state index in [9.17, 15) is 0 Å². The largest absolute Gasteiger partial charge is 0.360 e. The molecule has 1 aliphatic heterocycles. The number of allylic oxidation sites excluding steroid dienone is 1. The van der Waals surface area contributed by atoms with Crippen LogP contribution >= 0.6 is 11.3 Å². The first-order chi connectivity index (χ1) is 28.8. The van der Waals surface area contributed by atoms with Crippen LogP contribution in [-0.4, -0.2) is 10.3 Å². The lowest BCUT2D eigenvalue weighted by Gasteiger charge is -2.25. The molecule has 1 N–H and O–H groups in total. The summed E-state index contributed by atoms with van der Waals surface area (Å²) in [5.41, 5.74) is 15.0. The molecule has 11 rings (SSSR count). The Morgan fingerprint density at radius 2 is 1.02 bits per heavy atom. The summed E-state index contributed by atoms with van der Waals surface area (Å²) < 4.78 is 3.73. The van der Waals surface area contributed by atoms with Crippen molar-refractivity contribution in [2.24, 2.45) is 4.99 Å². The maximum absolute atomic E-state index is 5.27. The van der Waals surface area contributed by atoms with E-state index < -0.39 is 0 Å². The summed E-state index contributed by atoms with van der Waals surface area (Å²) in [6.07, 6.45) is 1.98. The quantitative estimate of drug-likeness (QED) is 0.172. The average Bonchev–Trinajstić information content (AvgIpc) is 3.87. The smallest absolute Gasteiger partial charge is 0.145 e. The van der Waals surface area contributed by atoms with Gasteiger partial charge in [-0.1, -0.05) is 182 Å². The number of benzene rings is 8. The van der Waals surface area contributed by atoms with Crippen LogP contribution in [0.2, 0.25) is 0 Å². The molecule has 3 nitrogen and oxygen atoms in total. The van der Waals surface area contributed by atoms with Crippen LogP contribution in [0.4, 0.5) is 0 Å². The molecule has 0 spiro atoms. The second-order valence-electron chi connectivity index (χ2n) is 14.7. The predicted octanol–water partition coefficient (Wildman–Crippen LogP) is 14.1. The number of hydrogen-bond acceptors (Lipinski definition) is 3. The first-order valence-electron chi connectivity index (χ1n) is 19.7. The Balaban J connectivity index is 1.02. The van der Waals surface area contributed by atoms with Gasteiger partial charge in [0, 0.05) is 42.7 Å². The van der Waals surface area contributed by atoms with Crippen LogP contribution in [0.3, 0.4) is 0 Å². The third-order valence-corrected chi connectivity index (χ3v) is 12.5. The fraction of sp³-hybridized carbons (Fsp3) is 0.0185. The lowest BCUT2D eigenvalue weighted by atomic mass is 9.98. The molecule has 0 saturated heterocycles. The molecular formula is C54H37N3S. The highest BCUT2D eigenvalue weighted by molar-refractivity contribution is 7.24. The van der Waals surface area contributed by atoms with Gasteiger partial charge in [-0.05, 0) is 69.3 Å². The molecule has 1 aliphatic rings. The number of para-hydroxylation sites is 1. The predicted molar refractivity (Wildman–Crippen MR) is 246 cm³/mol. The van der Waals surface area contributed by atoms with Crippen LogP contribution in [-0.2, 0) is 0 Å². The normalized spacial score (nSPS) is 14.0. The molecule has 2 aromatic heterocycles. The Kier molecular flexibility index (Phi) is 8.41. The third-order valence-electron chi connectivity index (χ3n) is 11.3. The van der Waals surface area contributed by atoms with Crippen molar-refractivity contribution < 1.29 is 0 Å². The molecule has 0 radical (unpaired) electrons. The first kappa shape index (κ1) is 34.0. The van der Waals surface area contributed by atoms with E-state index in [2.05, 4.69) is 222 Å². The van der Waals surface area contributed by atoms with Crippen molar-refractivity contribution in [3.63, 3.8) is 0 Å². The van der Waals surface area contributed by atoms with Gasteiger partial charge in [0.15, 0.2) is 0 Å². The molecule has 3 heterocycles. The van der Waals surface area contributed by atoms with Gasteiger partial charge in [-0.15, -0.1) is 11.3 Å². The van der Waals surface area contributed by atoms with Crippen molar-refractivity contribution in [3.05, 3.63) is 229 Å². The fourth-order valence-corrected chi connectivity index (χ4v) is 9.86. The minimum atomic E-state index is -0.211. The van der Waals surface area contributed by atoms with Crippen LogP contribution in [0.5, 0.6) is 0 Å². The number of hydrogen-bond donors (Lipinski definition) is 1. The molecular weight excluding hydrogens is 723 g/mol. The highest BCUT2D eigenvalue weighted by atomic mass is 32.1. The Morgan fingerprint density at radius 1 is 0.448 bits per heavy atom. The van der Waals surface area contributed by atoms with E-state index in [0.29, 0.717) is 0 Å². The molecule has 0 bridgehead atoms. The van der Waals surface area contributed by atoms with Gasteiger partial charge in [-0.2, -0.15) is 0 Å². The monoisotopic (exact) mass is 759 g/mol. The minimum Gasteiger partial charge on any atom is -0.360 e. The lowest BCUT2D eigenvalue weighted by Crippen LogP contribution is -2.24.